The van der Waals surface area contributed by atoms with Crippen molar-refractivity contribution in [2.24, 2.45) is 0 Å². The molecule has 1 rings (SSSR count). The third kappa shape index (κ3) is 12.3. The summed E-state index contributed by atoms with van der Waals surface area (Å²) in [5.41, 5.74) is 0. The van der Waals surface area contributed by atoms with Gasteiger partial charge in [0.05, 0.1) is 32.3 Å². The standard InChI is InChI=1S/C6H6Cl6.C6H15N.AsFH2O3/c7-1-2(8)4(10)6(12)5(11)3(1)9;1-4-7(5-2)6-3;2-1(3,4)5/h1-6H;4-6H2,1-3H3;(H2,3,4,5)/t1-,2-,3-,4+,5+,6+;;. The van der Waals surface area contributed by atoms with Gasteiger partial charge in [-0.2, -0.15) is 0 Å². The summed E-state index contributed by atoms with van der Waals surface area (Å²) in [5.74, 6) is 0. The van der Waals surface area contributed by atoms with E-state index in [0.29, 0.717) is 0 Å². The maximum atomic E-state index is 10.4. The van der Waals surface area contributed by atoms with Crippen LogP contribution >= 0.6 is 69.6 Å². The second kappa shape index (κ2) is 14.0. The van der Waals surface area contributed by atoms with Crippen molar-refractivity contribution in [1.82, 2.24) is 4.90 Å². The molecule has 0 unspecified atom stereocenters. The second-order valence-corrected chi connectivity index (χ2v) is 9.77. The summed E-state index contributed by atoms with van der Waals surface area (Å²) in [7, 11) is 0. The Bertz CT molecular complexity index is 304. The van der Waals surface area contributed by atoms with Crippen molar-refractivity contribution >= 4 is 84.2 Å². The maximum absolute atomic E-state index is 10.4. The summed E-state index contributed by atoms with van der Waals surface area (Å²) in [6, 6.07) is 0. The summed E-state index contributed by atoms with van der Waals surface area (Å²) >= 11 is 29.7. The molecule has 0 aromatic heterocycles. The topological polar surface area (TPSA) is 60.8 Å². The van der Waals surface area contributed by atoms with E-state index in [1.807, 2.05) is 0 Å². The Hall–Kier alpha value is 1.91. The van der Waals surface area contributed by atoms with E-state index in [9.17, 15) is 3.47 Å². The van der Waals surface area contributed by atoms with E-state index in [1.54, 1.807) is 0 Å². The summed E-state index contributed by atoms with van der Waals surface area (Å²) in [6.45, 7) is 10.1. The number of halogens is 7. The molecule has 0 aromatic rings. The Morgan fingerprint density at radius 2 is 0.875 bits per heavy atom. The molecule has 148 valence electrons. The SMILES string of the molecule is CCN(CC)CC.Cl[C@H]1[C@H](Cl)[C@@H](Cl)[C@@H](Cl)[C@H](Cl)[C@H]1Cl.O=[As](O)(O)F. The molecule has 1 aliphatic carbocycles. The van der Waals surface area contributed by atoms with Crippen molar-refractivity contribution in [2.75, 3.05) is 19.6 Å². The molecule has 0 aromatic carbocycles. The third-order valence-corrected chi connectivity index (χ3v) is 7.20. The van der Waals surface area contributed by atoms with E-state index in [0.717, 1.165) is 0 Å². The molecule has 0 radical (unpaired) electrons. The molecule has 1 aliphatic rings. The Labute approximate surface area is 176 Å². The minimum atomic E-state index is -5.62. The van der Waals surface area contributed by atoms with E-state index in [2.05, 4.69) is 25.7 Å². The molecule has 0 amide bonds. The first-order valence-electron chi connectivity index (χ1n) is 7.13. The van der Waals surface area contributed by atoms with Gasteiger partial charge in [0, 0.05) is 0 Å². The first kappa shape index (κ1) is 28.1. The molecule has 0 spiro atoms. The summed E-state index contributed by atoms with van der Waals surface area (Å²) in [6.07, 6.45) is 0. The van der Waals surface area contributed by atoms with Gasteiger partial charge in [-0.3, -0.25) is 0 Å². The summed E-state index contributed by atoms with van der Waals surface area (Å²) in [5, 5.41) is -2.62. The van der Waals surface area contributed by atoms with E-state index in [1.165, 1.54) is 19.6 Å². The van der Waals surface area contributed by atoms with Crippen molar-refractivity contribution in [3.8, 4) is 0 Å². The van der Waals surface area contributed by atoms with Crippen molar-refractivity contribution in [3.63, 3.8) is 0 Å². The molecule has 0 heterocycles. The van der Waals surface area contributed by atoms with E-state index in [-0.39, 0.29) is 0 Å². The second-order valence-electron chi connectivity index (χ2n) is 4.76. The number of alkyl halides is 6. The molecular formula is C12H23AsCl6FNO3. The van der Waals surface area contributed by atoms with Gasteiger partial charge in [-0.25, -0.2) is 0 Å². The number of hydrogen-bond donors (Lipinski definition) is 2. The van der Waals surface area contributed by atoms with Gasteiger partial charge in [0.15, 0.2) is 0 Å². The molecule has 12 heteroatoms. The van der Waals surface area contributed by atoms with Gasteiger partial charge in [0.25, 0.3) is 0 Å². The van der Waals surface area contributed by atoms with Crippen LogP contribution in [-0.2, 0) is 3.74 Å². The molecule has 1 saturated carbocycles. The van der Waals surface area contributed by atoms with Crippen LogP contribution in [0.15, 0.2) is 0 Å². The Morgan fingerprint density at radius 1 is 0.750 bits per heavy atom. The summed E-state index contributed by atoms with van der Waals surface area (Å²) < 4.78 is 33.2. The van der Waals surface area contributed by atoms with Crippen LogP contribution in [0.25, 0.3) is 0 Å². The van der Waals surface area contributed by atoms with Crippen LogP contribution in [0.2, 0.25) is 0 Å². The Kier molecular flexibility index (Phi) is 16.4. The van der Waals surface area contributed by atoms with Gasteiger partial charge in [0.2, 0.25) is 0 Å². The molecule has 0 atom stereocenters. The van der Waals surface area contributed by atoms with Crippen LogP contribution in [0.5, 0.6) is 0 Å². The summed E-state index contributed by atoms with van der Waals surface area (Å²) in [4.78, 5) is 2.38. The predicted molar refractivity (Wildman–Crippen MR) is 103 cm³/mol. The van der Waals surface area contributed by atoms with Crippen LogP contribution < -0.4 is 0 Å². The van der Waals surface area contributed by atoms with Crippen LogP contribution in [0.1, 0.15) is 20.8 Å². The average molecular weight is 536 g/mol. The zero-order chi connectivity index (χ0) is 19.7. The third-order valence-electron chi connectivity index (χ3n) is 3.17. The van der Waals surface area contributed by atoms with Gasteiger partial charge in [-0.15, -0.1) is 69.6 Å². The monoisotopic (exact) mass is 533 g/mol. The van der Waals surface area contributed by atoms with Gasteiger partial charge >= 0.3 is 30.0 Å². The molecule has 2 N–H and O–H groups in total. The molecule has 24 heavy (non-hydrogen) atoms. The fraction of sp³-hybridized carbons (Fsp3) is 1.00. The van der Waals surface area contributed by atoms with Crippen LogP contribution in [0, 0.1) is 0 Å². The number of hydrogen-bond acceptors (Lipinski definition) is 2. The predicted octanol–water partition coefficient (Wildman–Crippen LogP) is 3.80. The van der Waals surface area contributed by atoms with Crippen molar-refractivity contribution < 1.29 is 15.4 Å². The molecule has 0 saturated heterocycles. The number of rotatable bonds is 3. The van der Waals surface area contributed by atoms with Crippen LogP contribution in [-0.4, -0.2) is 79.6 Å². The van der Waals surface area contributed by atoms with Gasteiger partial charge in [0.1, 0.15) is 0 Å². The zero-order valence-corrected chi connectivity index (χ0v) is 19.8. The van der Waals surface area contributed by atoms with E-state index >= 15 is 0 Å². The normalized spacial score (nSPS) is 33.2. The Morgan fingerprint density at radius 3 is 0.917 bits per heavy atom. The first-order valence-corrected chi connectivity index (χ1v) is 12.9. The van der Waals surface area contributed by atoms with Crippen molar-refractivity contribution in [1.29, 1.82) is 0 Å². The van der Waals surface area contributed by atoms with Crippen LogP contribution in [0.4, 0.5) is 3.47 Å². The molecule has 0 bridgehead atoms. The van der Waals surface area contributed by atoms with Crippen molar-refractivity contribution in [3.05, 3.63) is 0 Å². The average Bonchev–Trinajstić information content (AvgIpc) is 2.50. The molecular weight excluding hydrogens is 513 g/mol. The quantitative estimate of drug-likeness (QED) is 0.426. The fourth-order valence-corrected chi connectivity index (χ4v) is 4.05. The van der Waals surface area contributed by atoms with E-state index < -0.39 is 46.9 Å². The first-order chi connectivity index (χ1) is 10.8. The van der Waals surface area contributed by atoms with Crippen LogP contribution in [0.3, 0.4) is 0 Å². The fourth-order valence-electron chi connectivity index (χ4n) is 1.72. The number of nitrogens with zero attached hydrogens (tertiary/aromatic N) is 1. The van der Waals surface area contributed by atoms with Crippen molar-refractivity contribution in [2.45, 2.75) is 53.0 Å². The van der Waals surface area contributed by atoms with Gasteiger partial charge < -0.3 is 4.90 Å². The van der Waals surface area contributed by atoms with E-state index in [4.69, 9.17) is 81.5 Å². The minimum absolute atomic E-state index is 0.437. The molecule has 1 fully saturated rings. The molecule has 0 aliphatic heterocycles. The molecule has 4 nitrogen and oxygen atoms in total. The van der Waals surface area contributed by atoms with Gasteiger partial charge in [-0.1, -0.05) is 20.8 Å². The zero-order valence-electron chi connectivity index (χ0n) is 13.4. The Balaban J connectivity index is 0. The van der Waals surface area contributed by atoms with Gasteiger partial charge in [-0.05, 0) is 19.6 Å².